The van der Waals surface area contributed by atoms with Gasteiger partial charge in [-0.05, 0) is 50.7 Å². The average Bonchev–Trinajstić information content (AvgIpc) is 3.20. The van der Waals surface area contributed by atoms with Crippen LogP contribution in [0, 0.1) is 5.92 Å². The molecule has 1 spiro atoms. The van der Waals surface area contributed by atoms with Gasteiger partial charge in [0.25, 0.3) is 11.8 Å². The predicted octanol–water partition coefficient (Wildman–Crippen LogP) is 1.40. The Bertz CT molecular complexity index is 765. The summed E-state index contributed by atoms with van der Waals surface area (Å²) < 4.78 is 2.18. The zero-order valence-corrected chi connectivity index (χ0v) is 15.9. The van der Waals surface area contributed by atoms with Gasteiger partial charge in [-0.2, -0.15) is 5.01 Å². The Balaban J connectivity index is 1.38. The third-order valence-corrected chi connectivity index (χ3v) is 6.34. The van der Waals surface area contributed by atoms with Crippen molar-refractivity contribution in [2.75, 3.05) is 13.1 Å². The van der Waals surface area contributed by atoms with Gasteiger partial charge in [-0.15, -0.1) is 0 Å². The number of imide groups is 1. The van der Waals surface area contributed by atoms with Crippen LogP contribution in [0.2, 0.25) is 0 Å². The third-order valence-electron chi connectivity index (χ3n) is 6.34. The molecule has 2 aliphatic heterocycles. The highest BCUT2D eigenvalue weighted by Gasteiger charge is 2.52. The van der Waals surface area contributed by atoms with Crippen molar-refractivity contribution >= 4 is 17.8 Å². The molecule has 27 heavy (non-hydrogen) atoms. The zero-order chi connectivity index (χ0) is 19.2. The Kier molecular flexibility index (Phi) is 4.46. The lowest BCUT2D eigenvalue weighted by Gasteiger charge is -2.35. The van der Waals surface area contributed by atoms with Crippen molar-refractivity contribution < 1.29 is 14.4 Å². The summed E-state index contributed by atoms with van der Waals surface area (Å²) in [5.41, 5.74) is 2.86. The molecule has 1 unspecified atom stereocenters. The molecule has 0 bridgehead atoms. The Morgan fingerprint density at radius 2 is 2.00 bits per heavy atom. The fraction of sp³-hybridized carbons (Fsp3) is 0.632. The smallest absolute Gasteiger partial charge is 0.344 e. The fourth-order valence-corrected chi connectivity index (χ4v) is 4.50. The molecule has 3 aliphatic rings. The number of hydrazine groups is 1. The number of carbonyl (C=O) groups is 3. The Labute approximate surface area is 158 Å². The molecule has 1 aromatic heterocycles. The number of amides is 4. The second-order valence-electron chi connectivity index (χ2n) is 8.14. The van der Waals surface area contributed by atoms with Crippen LogP contribution in [0.4, 0.5) is 4.79 Å². The molecular formula is C19H27N5O3. The van der Waals surface area contributed by atoms with E-state index in [1.807, 2.05) is 12.3 Å². The molecule has 1 aromatic rings. The first-order valence-electron chi connectivity index (χ1n) is 9.75. The molecule has 4 amide bonds. The Morgan fingerprint density at radius 3 is 2.74 bits per heavy atom. The quantitative estimate of drug-likeness (QED) is 0.784. The van der Waals surface area contributed by atoms with Gasteiger partial charge >= 0.3 is 6.03 Å². The molecule has 1 saturated heterocycles. The van der Waals surface area contributed by atoms with E-state index in [0.29, 0.717) is 18.8 Å². The van der Waals surface area contributed by atoms with Crippen LogP contribution in [0.3, 0.4) is 0 Å². The molecule has 2 fully saturated rings. The summed E-state index contributed by atoms with van der Waals surface area (Å²) in [4.78, 5) is 39.8. The number of nitrogens with one attached hydrogen (secondary N) is 2. The number of fused-ring (bicyclic) bond motifs is 1. The van der Waals surface area contributed by atoms with Crippen molar-refractivity contribution in [2.24, 2.45) is 5.92 Å². The van der Waals surface area contributed by atoms with Crippen molar-refractivity contribution in [1.29, 1.82) is 0 Å². The average molecular weight is 373 g/mol. The minimum Gasteiger partial charge on any atom is -0.349 e. The molecule has 4 rings (SSSR count). The lowest BCUT2D eigenvalue weighted by molar-refractivity contribution is -0.140. The maximum absolute atomic E-state index is 12.8. The van der Waals surface area contributed by atoms with E-state index in [4.69, 9.17) is 0 Å². The van der Waals surface area contributed by atoms with Crippen molar-refractivity contribution in [3.63, 3.8) is 0 Å². The van der Waals surface area contributed by atoms with Gasteiger partial charge in [0.2, 0.25) is 0 Å². The molecular weight excluding hydrogens is 346 g/mol. The molecule has 8 heteroatoms. The van der Waals surface area contributed by atoms with Crippen LogP contribution in [-0.2, 0) is 16.1 Å². The normalized spacial score (nSPS) is 31.1. The number of carbonyl (C=O) groups excluding carboxylic acids is 3. The number of nitrogens with zero attached hydrogens (tertiary/aromatic N) is 3. The van der Waals surface area contributed by atoms with Crippen LogP contribution in [0.5, 0.6) is 0 Å². The van der Waals surface area contributed by atoms with E-state index in [0.717, 1.165) is 30.9 Å². The van der Waals surface area contributed by atoms with Crippen LogP contribution in [-0.4, -0.2) is 50.9 Å². The van der Waals surface area contributed by atoms with E-state index in [-0.39, 0.29) is 24.4 Å². The first-order chi connectivity index (χ1) is 12.9. The zero-order valence-electron chi connectivity index (χ0n) is 15.9. The summed E-state index contributed by atoms with van der Waals surface area (Å²) in [6.07, 6.45) is 5.11. The first-order valence-corrected chi connectivity index (χ1v) is 9.75. The van der Waals surface area contributed by atoms with Gasteiger partial charge in [0.15, 0.2) is 0 Å². The van der Waals surface area contributed by atoms with Gasteiger partial charge in [0.05, 0.1) is 6.54 Å². The number of hydrogen-bond donors (Lipinski definition) is 2. The van der Waals surface area contributed by atoms with Crippen LogP contribution >= 0.6 is 0 Å². The van der Waals surface area contributed by atoms with E-state index in [2.05, 4.69) is 40.1 Å². The molecule has 1 atom stereocenters. The summed E-state index contributed by atoms with van der Waals surface area (Å²) in [6.45, 7) is 5.93. The monoisotopic (exact) mass is 373 g/mol. The van der Waals surface area contributed by atoms with E-state index in [1.165, 1.54) is 5.69 Å². The highest BCUT2D eigenvalue weighted by molar-refractivity contribution is 6.08. The minimum atomic E-state index is -0.837. The standard InChI is InChI=1S/C19H27N5O3/c1-13-5-7-19(8-6-13)17(26)24(18(27)20-19)21-16(25)12-23-11-10-22-9-3-4-15(22)14(23)2/h3-4,9,13-14H,5-8,10-12H2,1-2H3,(H,20,27)(H,21,25). The first kappa shape index (κ1) is 18.0. The van der Waals surface area contributed by atoms with E-state index in [9.17, 15) is 14.4 Å². The third kappa shape index (κ3) is 3.12. The fourth-order valence-electron chi connectivity index (χ4n) is 4.50. The molecule has 146 valence electrons. The second-order valence-corrected chi connectivity index (χ2v) is 8.14. The summed E-state index contributed by atoms with van der Waals surface area (Å²) in [6, 6.07) is 3.64. The summed E-state index contributed by atoms with van der Waals surface area (Å²) in [5.74, 6) is -0.108. The molecule has 1 saturated carbocycles. The van der Waals surface area contributed by atoms with Crippen molar-refractivity contribution in [1.82, 2.24) is 25.2 Å². The summed E-state index contributed by atoms with van der Waals surface area (Å²) in [5, 5.41) is 3.71. The van der Waals surface area contributed by atoms with Gasteiger partial charge in [-0.25, -0.2) is 4.79 Å². The van der Waals surface area contributed by atoms with Gasteiger partial charge in [-0.3, -0.25) is 19.9 Å². The van der Waals surface area contributed by atoms with Crippen molar-refractivity contribution in [3.05, 3.63) is 24.0 Å². The predicted molar refractivity (Wildman–Crippen MR) is 98.3 cm³/mol. The number of urea groups is 1. The van der Waals surface area contributed by atoms with Crippen LogP contribution in [0.25, 0.3) is 0 Å². The second kappa shape index (κ2) is 6.67. The largest absolute Gasteiger partial charge is 0.349 e. The SMILES string of the molecule is CC1CCC2(CC1)NC(=O)N(NC(=O)CN1CCn3cccc3C1C)C2=O. The van der Waals surface area contributed by atoms with Gasteiger partial charge in [0.1, 0.15) is 5.54 Å². The topological polar surface area (TPSA) is 86.7 Å². The highest BCUT2D eigenvalue weighted by atomic mass is 16.2. The van der Waals surface area contributed by atoms with Crippen molar-refractivity contribution in [3.8, 4) is 0 Å². The maximum Gasteiger partial charge on any atom is 0.344 e. The number of rotatable bonds is 3. The highest BCUT2D eigenvalue weighted by Crippen LogP contribution is 2.35. The van der Waals surface area contributed by atoms with E-state index in [1.54, 1.807) is 0 Å². The summed E-state index contributed by atoms with van der Waals surface area (Å²) >= 11 is 0. The molecule has 2 N–H and O–H groups in total. The summed E-state index contributed by atoms with van der Waals surface area (Å²) in [7, 11) is 0. The lowest BCUT2D eigenvalue weighted by atomic mass is 9.77. The molecule has 0 aromatic carbocycles. The van der Waals surface area contributed by atoms with Gasteiger partial charge < -0.3 is 9.88 Å². The molecule has 3 heterocycles. The Hall–Kier alpha value is -2.35. The molecule has 8 nitrogen and oxygen atoms in total. The number of hydrogen-bond acceptors (Lipinski definition) is 4. The Morgan fingerprint density at radius 1 is 1.26 bits per heavy atom. The van der Waals surface area contributed by atoms with E-state index >= 15 is 0 Å². The van der Waals surface area contributed by atoms with Gasteiger partial charge in [0, 0.05) is 31.0 Å². The number of aromatic nitrogens is 1. The van der Waals surface area contributed by atoms with Crippen LogP contribution in [0.15, 0.2) is 18.3 Å². The van der Waals surface area contributed by atoms with Gasteiger partial charge in [-0.1, -0.05) is 6.92 Å². The lowest BCUT2D eigenvalue weighted by Crippen LogP contribution is -2.53. The molecule has 0 radical (unpaired) electrons. The maximum atomic E-state index is 12.8. The van der Waals surface area contributed by atoms with Crippen molar-refractivity contribution in [2.45, 2.75) is 57.7 Å². The molecule has 1 aliphatic carbocycles. The van der Waals surface area contributed by atoms with Crippen LogP contribution in [0.1, 0.15) is 51.3 Å². The minimum absolute atomic E-state index is 0.105. The van der Waals surface area contributed by atoms with Crippen LogP contribution < -0.4 is 10.7 Å². The van der Waals surface area contributed by atoms with E-state index < -0.39 is 11.6 Å².